The van der Waals surface area contributed by atoms with Crippen molar-refractivity contribution in [1.82, 2.24) is 19.8 Å². The molecule has 1 aliphatic rings. The van der Waals surface area contributed by atoms with Gasteiger partial charge in [-0.25, -0.2) is 19.7 Å². The molecule has 4 aromatic rings. The molecule has 16 heteroatoms. The van der Waals surface area contributed by atoms with Gasteiger partial charge in [0.1, 0.15) is 12.1 Å². The van der Waals surface area contributed by atoms with Crippen LogP contribution >= 0.6 is 23.4 Å². The van der Waals surface area contributed by atoms with Gasteiger partial charge in [0.15, 0.2) is 16.7 Å². The van der Waals surface area contributed by atoms with Crippen LogP contribution in [0.2, 0.25) is 5.02 Å². The number of hydrazone groups is 1. The maximum absolute atomic E-state index is 13.6. The molecule has 224 valence electrons. The van der Waals surface area contributed by atoms with E-state index in [4.69, 9.17) is 11.6 Å². The van der Waals surface area contributed by atoms with Crippen LogP contribution in [0.1, 0.15) is 18.1 Å². The Hall–Kier alpha value is -4.08. The Morgan fingerprint density at radius 2 is 1.72 bits per heavy atom. The number of hydrogen-bond acceptors (Lipinski definition) is 7. The fourth-order valence-corrected chi connectivity index (χ4v) is 5.16. The molecule has 0 saturated carbocycles. The fourth-order valence-electron chi connectivity index (χ4n) is 3.90. The van der Waals surface area contributed by atoms with Crippen molar-refractivity contribution in [2.75, 3.05) is 5.75 Å². The Morgan fingerprint density at radius 1 is 1.02 bits per heavy atom. The zero-order valence-electron chi connectivity index (χ0n) is 21.8. The summed E-state index contributed by atoms with van der Waals surface area (Å²) in [5.74, 6) is 0.0733. The summed E-state index contributed by atoms with van der Waals surface area (Å²) in [6, 6.07) is 15.3. The molecule has 0 aliphatic carbocycles. The van der Waals surface area contributed by atoms with E-state index in [2.05, 4.69) is 24.9 Å². The van der Waals surface area contributed by atoms with Gasteiger partial charge in [-0.15, -0.1) is 18.3 Å². The maximum atomic E-state index is 13.6. The number of amidine groups is 1. The average Bonchev–Trinajstić information content (AvgIpc) is 3.52. The van der Waals surface area contributed by atoms with E-state index in [1.165, 1.54) is 48.4 Å². The van der Waals surface area contributed by atoms with Crippen LogP contribution in [0.3, 0.4) is 0 Å². The lowest BCUT2D eigenvalue weighted by Gasteiger charge is -2.25. The molecular formula is C27H19ClF6N6O2S. The van der Waals surface area contributed by atoms with E-state index in [-0.39, 0.29) is 21.7 Å². The summed E-state index contributed by atoms with van der Waals surface area (Å²) in [5, 5.41) is 20.4. The molecule has 0 amide bonds. The van der Waals surface area contributed by atoms with Crippen molar-refractivity contribution in [2.45, 2.75) is 25.2 Å². The van der Waals surface area contributed by atoms with E-state index >= 15 is 0 Å². The normalized spacial score (nSPS) is 18.6. The summed E-state index contributed by atoms with van der Waals surface area (Å²) in [4.78, 5) is 8.36. The Labute approximate surface area is 249 Å². The lowest BCUT2D eigenvalue weighted by Crippen LogP contribution is -2.41. The topological polar surface area (TPSA) is 88.1 Å². The first kappa shape index (κ1) is 30.4. The third kappa shape index (κ3) is 7.12. The lowest BCUT2D eigenvalue weighted by molar-refractivity contribution is -0.274. The van der Waals surface area contributed by atoms with Gasteiger partial charge in [-0.2, -0.15) is 18.3 Å². The minimum absolute atomic E-state index is 0.0317. The number of aliphatic imine (C=N–C) groups is 1. The molecule has 1 fully saturated rings. The molecule has 1 saturated heterocycles. The van der Waals surface area contributed by atoms with Gasteiger partial charge < -0.3 is 9.84 Å². The number of rotatable bonds is 6. The molecule has 3 aromatic carbocycles. The van der Waals surface area contributed by atoms with Gasteiger partial charge in [0, 0.05) is 5.56 Å². The van der Waals surface area contributed by atoms with Gasteiger partial charge in [0.2, 0.25) is 0 Å². The van der Waals surface area contributed by atoms with Crippen LogP contribution in [0.5, 0.6) is 5.75 Å². The Morgan fingerprint density at radius 3 is 2.37 bits per heavy atom. The highest BCUT2D eigenvalue weighted by Crippen LogP contribution is 2.42. The molecule has 1 unspecified atom stereocenters. The monoisotopic (exact) mass is 640 g/mol. The van der Waals surface area contributed by atoms with Gasteiger partial charge in [-0.1, -0.05) is 53.7 Å². The first-order valence-electron chi connectivity index (χ1n) is 12.2. The van der Waals surface area contributed by atoms with E-state index in [1.54, 1.807) is 24.3 Å². The highest BCUT2D eigenvalue weighted by molar-refractivity contribution is 8.14. The summed E-state index contributed by atoms with van der Waals surface area (Å²) in [6.45, 7) is 1.46. The third-order valence-corrected chi connectivity index (χ3v) is 7.45. The van der Waals surface area contributed by atoms with Crippen LogP contribution in [0.25, 0.3) is 17.1 Å². The highest BCUT2D eigenvalue weighted by atomic mass is 35.5. The average molecular weight is 641 g/mol. The summed E-state index contributed by atoms with van der Waals surface area (Å²) >= 11 is 7.07. The van der Waals surface area contributed by atoms with Gasteiger partial charge in [0.05, 0.1) is 33.9 Å². The molecular weight excluding hydrogens is 622 g/mol. The SMILES string of the molecule is CC1(O)CSC(=Nc2c(Cl)cccc2C(F)(F)F)N1N=Cc1ccc(-c2ncn(-c3ccc(OC(F)(F)F)cc3)n2)cc1. The summed E-state index contributed by atoms with van der Waals surface area (Å²) in [5.41, 5.74) is -1.35. The second-order valence-electron chi connectivity index (χ2n) is 9.27. The van der Waals surface area contributed by atoms with Crippen molar-refractivity contribution in [3.63, 3.8) is 0 Å². The molecule has 5 rings (SSSR count). The molecule has 2 heterocycles. The number of aliphatic hydroxyl groups is 1. The molecule has 0 spiro atoms. The third-order valence-electron chi connectivity index (χ3n) is 5.93. The van der Waals surface area contributed by atoms with Gasteiger partial charge in [-0.3, -0.25) is 0 Å². The van der Waals surface area contributed by atoms with Crippen molar-refractivity contribution in [3.05, 3.63) is 89.2 Å². The Bertz CT molecular complexity index is 1670. The lowest BCUT2D eigenvalue weighted by atomic mass is 10.1. The molecule has 1 atom stereocenters. The molecule has 0 radical (unpaired) electrons. The van der Waals surface area contributed by atoms with Gasteiger partial charge in [0.25, 0.3) is 0 Å². The van der Waals surface area contributed by atoms with Crippen LogP contribution in [0.15, 0.2) is 83.2 Å². The Kier molecular flexibility index (Phi) is 8.15. The first-order chi connectivity index (χ1) is 20.2. The predicted octanol–water partition coefficient (Wildman–Crippen LogP) is 7.28. The van der Waals surface area contributed by atoms with Crippen LogP contribution in [0, 0.1) is 0 Å². The summed E-state index contributed by atoms with van der Waals surface area (Å²) in [6.07, 6.45) is -6.67. The van der Waals surface area contributed by atoms with Crippen LogP contribution in [0.4, 0.5) is 32.0 Å². The van der Waals surface area contributed by atoms with Crippen LogP contribution in [-0.4, -0.2) is 54.1 Å². The minimum atomic E-state index is -4.79. The minimum Gasteiger partial charge on any atom is -0.406 e. The standard InChI is InChI=1S/C27H19ClF6N6O2S/c1-25(41)14-43-24(37-22-20(26(29,30)31)3-2-4-21(22)28)40(25)36-13-16-5-7-17(8-6-16)23-35-15-39(38-23)18-9-11-19(12-10-18)42-27(32,33)34/h2-13,15,41H,14H2,1H3. The number of hydrogen-bond donors (Lipinski definition) is 1. The van der Waals surface area contributed by atoms with Crippen LogP contribution < -0.4 is 4.74 Å². The van der Waals surface area contributed by atoms with E-state index in [0.29, 0.717) is 22.6 Å². The first-order valence-corrected chi connectivity index (χ1v) is 13.6. The molecule has 1 N–H and O–H groups in total. The van der Waals surface area contributed by atoms with E-state index in [0.717, 1.165) is 35.0 Å². The van der Waals surface area contributed by atoms with Crippen LogP contribution in [-0.2, 0) is 6.18 Å². The number of ether oxygens (including phenoxy) is 1. The zero-order valence-corrected chi connectivity index (χ0v) is 23.4. The molecule has 0 bridgehead atoms. The summed E-state index contributed by atoms with van der Waals surface area (Å²) < 4.78 is 83.1. The smallest absolute Gasteiger partial charge is 0.406 e. The molecule has 1 aromatic heterocycles. The fraction of sp³-hybridized carbons (Fsp3) is 0.185. The Balaban J connectivity index is 1.33. The van der Waals surface area contributed by atoms with Gasteiger partial charge >= 0.3 is 12.5 Å². The number of aromatic nitrogens is 3. The zero-order chi connectivity index (χ0) is 31.0. The number of nitrogens with zero attached hydrogens (tertiary/aromatic N) is 6. The number of halogens is 7. The van der Waals surface area contributed by atoms with Crippen molar-refractivity contribution < 1.29 is 36.2 Å². The van der Waals surface area contributed by atoms with E-state index in [1.807, 2.05) is 0 Å². The van der Waals surface area contributed by atoms with E-state index in [9.17, 15) is 31.4 Å². The van der Waals surface area contributed by atoms with Gasteiger partial charge in [-0.05, 0) is 48.9 Å². The van der Waals surface area contributed by atoms with Crippen molar-refractivity contribution >= 4 is 40.4 Å². The van der Waals surface area contributed by atoms with Crippen molar-refractivity contribution in [2.24, 2.45) is 10.1 Å². The molecule has 1 aliphatic heterocycles. The van der Waals surface area contributed by atoms with Crippen molar-refractivity contribution in [1.29, 1.82) is 0 Å². The highest BCUT2D eigenvalue weighted by Gasteiger charge is 2.41. The molecule has 8 nitrogen and oxygen atoms in total. The maximum Gasteiger partial charge on any atom is 0.573 e. The number of alkyl halides is 6. The second kappa shape index (κ2) is 11.5. The quantitative estimate of drug-likeness (QED) is 0.176. The van der Waals surface area contributed by atoms with E-state index < -0.39 is 29.5 Å². The number of benzene rings is 3. The van der Waals surface area contributed by atoms with Crippen molar-refractivity contribution in [3.8, 4) is 22.8 Å². The predicted molar refractivity (Wildman–Crippen MR) is 150 cm³/mol. The summed E-state index contributed by atoms with van der Waals surface area (Å²) in [7, 11) is 0. The largest absolute Gasteiger partial charge is 0.573 e. The molecule has 43 heavy (non-hydrogen) atoms. The second-order valence-corrected chi connectivity index (χ2v) is 10.6. The number of para-hydroxylation sites is 1. The number of thioether (sulfide) groups is 1.